The Labute approximate surface area is 167 Å². The third kappa shape index (κ3) is 3.47. The molecule has 1 atom stereocenters. The van der Waals surface area contributed by atoms with Gasteiger partial charge in [0.1, 0.15) is 5.50 Å². The van der Waals surface area contributed by atoms with Gasteiger partial charge < -0.3 is 15.5 Å². The van der Waals surface area contributed by atoms with Crippen LogP contribution >= 0.6 is 11.6 Å². The van der Waals surface area contributed by atoms with Gasteiger partial charge in [-0.1, -0.05) is 11.6 Å². The predicted octanol–water partition coefficient (Wildman–Crippen LogP) is 3.61. The second-order valence-corrected chi connectivity index (χ2v) is 9.98. The Morgan fingerprint density at radius 1 is 1.11 bits per heavy atom. The SMILES string of the molecule is O=C(NCC12CC3CC(CC(C3)C1)C2)c1ccc(N2CCNCC2Cl)cc1. The summed E-state index contributed by atoms with van der Waals surface area (Å²) in [6.07, 6.45) is 8.34. The van der Waals surface area contributed by atoms with Crippen LogP contribution in [0.4, 0.5) is 5.69 Å². The molecule has 5 aliphatic rings. The van der Waals surface area contributed by atoms with E-state index < -0.39 is 0 Å². The van der Waals surface area contributed by atoms with E-state index in [4.69, 9.17) is 11.6 Å². The Kier molecular flexibility index (Phi) is 4.60. The van der Waals surface area contributed by atoms with Gasteiger partial charge in [-0.05, 0) is 86.0 Å². The van der Waals surface area contributed by atoms with Gasteiger partial charge in [0.25, 0.3) is 5.91 Å². The third-order valence-corrected chi connectivity index (χ3v) is 7.82. The summed E-state index contributed by atoms with van der Waals surface area (Å²) < 4.78 is 0. The van der Waals surface area contributed by atoms with Gasteiger partial charge in [0.05, 0.1) is 0 Å². The summed E-state index contributed by atoms with van der Waals surface area (Å²) in [5.74, 6) is 2.85. The van der Waals surface area contributed by atoms with Crippen LogP contribution in [-0.4, -0.2) is 37.6 Å². The van der Waals surface area contributed by atoms with Crippen LogP contribution in [0.2, 0.25) is 0 Å². The maximum atomic E-state index is 12.7. The molecule has 1 unspecified atom stereocenters. The van der Waals surface area contributed by atoms with Gasteiger partial charge >= 0.3 is 0 Å². The van der Waals surface area contributed by atoms with Crippen molar-refractivity contribution in [3.05, 3.63) is 29.8 Å². The number of anilines is 1. The highest BCUT2D eigenvalue weighted by atomic mass is 35.5. The minimum absolute atomic E-state index is 0.0329. The van der Waals surface area contributed by atoms with E-state index in [1.54, 1.807) is 0 Å². The zero-order valence-corrected chi connectivity index (χ0v) is 16.7. The molecule has 0 aromatic heterocycles. The molecule has 5 heteroatoms. The van der Waals surface area contributed by atoms with E-state index in [-0.39, 0.29) is 11.4 Å². The lowest BCUT2D eigenvalue weighted by atomic mass is 9.49. The minimum atomic E-state index is -0.0329. The molecule has 1 heterocycles. The van der Waals surface area contributed by atoms with Crippen LogP contribution in [0.25, 0.3) is 0 Å². The molecule has 1 aromatic rings. The van der Waals surface area contributed by atoms with E-state index in [0.717, 1.165) is 55.2 Å². The van der Waals surface area contributed by atoms with Crippen molar-refractivity contribution >= 4 is 23.2 Å². The fraction of sp³-hybridized carbons (Fsp3) is 0.682. The largest absolute Gasteiger partial charge is 0.353 e. The summed E-state index contributed by atoms with van der Waals surface area (Å²) >= 11 is 6.40. The number of amides is 1. The van der Waals surface area contributed by atoms with Crippen LogP contribution in [0.5, 0.6) is 0 Å². The van der Waals surface area contributed by atoms with Crippen molar-refractivity contribution in [1.29, 1.82) is 0 Å². The van der Waals surface area contributed by atoms with Crippen molar-refractivity contribution in [2.75, 3.05) is 31.1 Å². The molecule has 0 spiro atoms. The zero-order valence-electron chi connectivity index (χ0n) is 15.9. The average molecular weight is 388 g/mol. The molecule has 0 radical (unpaired) electrons. The van der Waals surface area contributed by atoms with E-state index in [2.05, 4.69) is 15.5 Å². The van der Waals surface area contributed by atoms with Crippen LogP contribution in [0.1, 0.15) is 48.9 Å². The summed E-state index contributed by atoms with van der Waals surface area (Å²) in [6.45, 7) is 3.48. The minimum Gasteiger partial charge on any atom is -0.353 e. The number of rotatable bonds is 4. The fourth-order valence-corrected chi connectivity index (χ4v) is 6.96. The predicted molar refractivity (Wildman–Crippen MR) is 109 cm³/mol. The Bertz CT molecular complexity index is 669. The standard InChI is InChI=1S/C22H30ClN3O/c23-20-13-24-5-6-26(20)19-3-1-18(2-4-19)21(27)25-14-22-10-15-7-16(11-22)9-17(8-15)12-22/h1-4,15-17,20,24H,5-14H2,(H,25,27). The second kappa shape index (κ2) is 6.97. The van der Waals surface area contributed by atoms with E-state index >= 15 is 0 Å². The van der Waals surface area contributed by atoms with Crippen LogP contribution in [0, 0.1) is 23.2 Å². The molecule has 5 fully saturated rings. The molecule has 4 aliphatic carbocycles. The highest BCUT2D eigenvalue weighted by Crippen LogP contribution is 2.59. The summed E-state index contributed by atoms with van der Waals surface area (Å²) in [5, 5.41) is 6.57. The first-order valence-electron chi connectivity index (χ1n) is 10.6. The number of carbonyl (C=O) groups excluding carboxylic acids is 1. The normalized spacial score (nSPS) is 37.4. The first-order chi connectivity index (χ1) is 13.1. The number of carbonyl (C=O) groups is 1. The van der Waals surface area contributed by atoms with Crippen molar-refractivity contribution < 1.29 is 4.79 Å². The van der Waals surface area contributed by atoms with Crippen LogP contribution in [0.3, 0.4) is 0 Å². The number of nitrogens with zero attached hydrogens (tertiary/aromatic N) is 1. The number of hydrogen-bond acceptors (Lipinski definition) is 3. The van der Waals surface area contributed by atoms with Crippen molar-refractivity contribution in [3.63, 3.8) is 0 Å². The van der Waals surface area contributed by atoms with Crippen molar-refractivity contribution in [3.8, 4) is 0 Å². The van der Waals surface area contributed by atoms with Crippen molar-refractivity contribution in [2.24, 2.45) is 23.2 Å². The fourth-order valence-electron chi connectivity index (χ4n) is 6.64. The first-order valence-corrected chi connectivity index (χ1v) is 11.0. The molecular formula is C22H30ClN3O. The molecule has 1 amide bonds. The quantitative estimate of drug-likeness (QED) is 0.612. The molecule has 6 rings (SSSR count). The van der Waals surface area contributed by atoms with Gasteiger partial charge in [-0.2, -0.15) is 0 Å². The molecule has 4 nitrogen and oxygen atoms in total. The number of nitrogens with one attached hydrogen (secondary N) is 2. The average Bonchev–Trinajstić information content (AvgIpc) is 2.66. The Morgan fingerprint density at radius 2 is 1.74 bits per heavy atom. The lowest BCUT2D eigenvalue weighted by Crippen LogP contribution is -2.51. The second-order valence-electron chi connectivity index (χ2n) is 9.48. The van der Waals surface area contributed by atoms with Gasteiger partial charge in [0.15, 0.2) is 0 Å². The Morgan fingerprint density at radius 3 is 2.33 bits per heavy atom. The van der Waals surface area contributed by atoms with E-state index in [1.807, 2.05) is 24.3 Å². The molecule has 1 aromatic carbocycles. The zero-order chi connectivity index (χ0) is 18.4. The summed E-state index contributed by atoms with van der Waals surface area (Å²) in [6, 6.07) is 7.94. The molecule has 2 N–H and O–H groups in total. The smallest absolute Gasteiger partial charge is 0.251 e. The monoisotopic (exact) mass is 387 g/mol. The van der Waals surface area contributed by atoms with Crippen LogP contribution in [0.15, 0.2) is 24.3 Å². The van der Waals surface area contributed by atoms with Crippen LogP contribution in [-0.2, 0) is 0 Å². The molecule has 1 aliphatic heterocycles. The summed E-state index contributed by atoms with van der Waals surface area (Å²) in [4.78, 5) is 14.9. The Balaban J connectivity index is 1.21. The van der Waals surface area contributed by atoms with Gasteiger partial charge in [-0.25, -0.2) is 0 Å². The van der Waals surface area contributed by atoms with E-state index in [9.17, 15) is 4.79 Å². The summed E-state index contributed by atoms with van der Waals surface area (Å²) in [5.41, 5.74) is 2.20. The van der Waals surface area contributed by atoms with E-state index in [0.29, 0.717) is 5.41 Å². The highest BCUT2D eigenvalue weighted by molar-refractivity contribution is 6.22. The topological polar surface area (TPSA) is 44.4 Å². The molecule has 4 bridgehead atoms. The molecular weight excluding hydrogens is 358 g/mol. The highest BCUT2D eigenvalue weighted by Gasteiger charge is 2.50. The molecule has 1 saturated heterocycles. The van der Waals surface area contributed by atoms with Crippen molar-refractivity contribution in [2.45, 2.75) is 44.0 Å². The first kappa shape index (κ1) is 17.8. The maximum absolute atomic E-state index is 12.7. The van der Waals surface area contributed by atoms with Gasteiger partial charge in [0.2, 0.25) is 0 Å². The van der Waals surface area contributed by atoms with Gasteiger partial charge in [0, 0.05) is 37.4 Å². The van der Waals surface area contributed by atoms with Crippen molar-refractivity contribution in [1.82, 2.24) is 10.6 Å². The number of hydrogen-bond donors (Lipinski definition) is 2. The Hall–Kier alpha value is -1.26. The molecule has 146 valence electrons. The maximum Gasteiger partial charge on any atom is 0.251 e. The molecule has 27 heavy (non-hydrogen) atoms. The molecule has 4 saturated carbocycles. The lowest BCUT2D eigenvalue weighted by Gasteiger charge is -2.56. The number of alkyl halides is 1. The van der Waals surface area contributed by atoms with Crippen LogP contribution < -0.4 is 15.5 Å². The van der Waals surface area contributed by atoms with E-state index in [1.165, 1.54) is 38.5 Å². The summed E-state index contributed by atoms with van der Waals surface area (Å²) in [7, 11) is 0. The van der Waals surface area contributed by atoms with Gasteiger partial charge in [-0.3, -0.25) is 4.79 Å². The third-order valence-electron chi connectivity index (χ3n) is 7.43. The number of halogens is 1. The van der Waals surface area contributed by atoms with Gasteiger partial charge in [-0.15, -0.1) is 0 Å². The lowest BCUT2D eigenvalue weighted by molar-refractivity contribution is -0.0503. The number of benzene rings is 1. The number of piperazine rings is 1.